The number of aryl methyl sites for hydroxylation is 1. The quantitative estimate of drug-likeness (QED) is 0.923. The number of pyridine rings is 1. The minimum atomic E-state index is -0.477. The number of carbonyl (C=O) groups is 1. The van der Waals surface area contributed by atoms with Gasteiger partial charge in [-0.2, -0.15) is 0 Å². The van der Waals surface area contributed by atoms with Gasteiger partial charge in [0, 0.05) is 32.2 Å². The van der Waals surface area contributed by atoms with E-state index >= 15 is 0 Å². The van der Waals surface area contributed by atoms with Gasteiger partial charge in [0.1, 0.15) is 5.69 Å². The number of carbonyl (C=O) groups excluding carboxylic acids is 1. The monoisotopic (exact) mass is 285 g/mol. The topological polar surface area (TPSA) is 58.4 Å². The van der Waals surface area contributed by atoms with Gasteiger partial charge >= 0.3 is 0 Å². The maximum atomic E-state index is 12.7. The van der Waals surface area contributed by atoms with Crippen LogP contribution in [0.3, 0.4) is 0 Å². The average molecular weight is 285 g/mol. The van der Waals surface area contributed by atoms with Gasteiger partial charge in [-0.25, -0.2) is 0 Å². The second-order valence-corrected chi connectivity index (χ2v) is 5.49. The van der Waals surface area contributed by atoms with E-state index in [1.165, 1.54) is 0 Å². The van der Waals surface area contributed by atoms with Crippen molar-refractivity contribution in [2.24, 2.45) is 7.05 Å². The van der Waals surface area contributed by atoms with Crippen molar-refractivity contribution < 1.29 is 9.90 Å². The zero-order valence-electron chi connectivity index (χ0n) is 12.0. The highest BCUT2D eigenvalue weighted by atomic mass is 16.3. The summed E-state index contributed by atoms with van der Waals surface area (Å²) in [6, 6.07) is 7.34. The molecule has 1 aliphatic rings. The minimum Gasteiger partial charge on any atom is -0.391 e. The Balaban J connectivity index is 1.81. The Morgan fingerprint density at radius 3 is 2.95 bits per heavy atom. The van der Waals surface area contributed by atoms with Gasteiger partial charge in [-0.3, -0.25) is 9.78 Å². The smallest absolute Gasteiger partial charge is 0.270 e. The van der Waals surface area contributed by atoms with E-state index in [1.54, 1.807) is 17.3 Å². The number of amides is 1. The van der Waals surface area contributed by atoms with Crippen molar-refractivity contribution >= 4 is 5.91 Å². The summed E-state index contributed by atoms with van der Waals surface area (Å²) in [6.07, 6.45) is 6.15. The Morgan fingerprint density at radius 1 is 1.43 bits per heavy atom. The summed E-state index contributed by atoms with van der Waals surface area (Å²) < 4.78 is 1.81. The number of aliphatic hydroxyl groups is 1. The lowest BCUT2D eigenvalue weighted by molar-refractivity contribution is 0.0631. The van der Waals surface area contributed by atoms with Gasteiger partial charge in [0.05, 0.1) is 12.1 Å². The summed E-state index contributed by atoms with van der Waals surface area (Å²) in [6.45, 7) is 0.593. The van der Waals surface area contributed by atoms with Crippen LogP contribution >= 0.6 is 0 Å². The first-order chi connectivity index (χ1) is 10.2. The Hall–Kier alpha value is -2.14. The molecule has 0 radical (unpaired) electrons. The van der Waals surface area contributed by atoms with Crippen LogP contribution in [0.5, 0.6) is 0 Å². The maximum Gasteiger partial charge on any atom is 0.270 e. The number of aliphatic hydroxyl groups excluding tert-OH is 1. The molecule has 5 heteroatoms. The van der Waals surface area contributed by atoms with Gasteiger partial charge in [0.15, 0.2) is 0 Å². The first kappa shape index (κ1) is 13.8. The molecular formula is C16H19N3O2. The Labute approximate surface area is 123 Å². The minimum absolute atomic E-state index is 0.0204. The van der Waals surface area contributed by atoms with Crippen LogP contribution < -0.4 is 0 Å². The average Bonchev–Trinajstić information content (AvgIpc) is 3.07. The highest BCUT2D eigenvalue weighted by Gasteiger charge is 2.36. The van der Waals surface area contributed by atoms with E-state index in [2.05, 4.69) is 4.98 Å². The molecule has 5 nitrogen and oxygen atoms in total. The second kappa shape index (κ2) is 5.69. The molecule has 0 unspecified atom stereocenters. The number of rotatable bonds is 3. The van der Waals surface area contributed by atoms with E-state index in [4.69, 9.17) is 0 Å². The van der Waals surface area contributed by atoms with Gasteiger partial charge in [-0.15, -0.1) is 0 Å². The number of hydrogen-bond donors (Lipinski definition) is 1. The SMILES string of the molecule is Cn1cccc1C(=O)N1CC[C@@H](O)[C@@H]1Cc1cccnc1. The molecule has 2 aromatic heterocycles. The van der Waals surface area contributed by atoms with Crippen LogP contribution in [-0.4, -0.2) is 44.2 Å². The van der Waals surface area contributed by atoms with Crippen LogP contribution in [-0.2, 0) is 13.5 Å². The van der Waals surface area contributed by atoms with Crippen molar-refractivity contribution in [2.75, 3.05) is 6.54 Å². The van der Waals surface area contributed by atoms with Gasteiger partial charge in [0.2, 0.25) is 0 Å². The molecule has 0 aliphatic carbocycles. The molecular weight excluding hydrogens is 266 g/mol. The summed E-state index contributed by atoms with van der Waals surface area (Å²) in [4.78, 5) is 18.5. The maximum absolute atomic E-state index is 12.7. The molecule has 0 bridgehead atoms. The van der Waals surface area contributed by atoms with Crippen molar-refractivity contribution in [3.05, 3.63) is 54.1 Å². The van der Waals surface area contributed by atoms with Crippen molar-refractivity contribution in [2.45, 2.75) is 25.0 Å². The lowest BCUT2D eigenvalue weighted by Crippen LogP contribution is -2.41. The van der Waals surface area contributed by atoms with Crippen LogP contribution in [0.4, 0.5) is 0 Å². The highest BCUT2D eigenvalue weighted by Crippen LogP contribution is 2.23. The summed E-state index contributed by atoms with van der Waals surface area (Å²) >= 11 is 0. The molecule has 1 amide bonds. The molecule has 2 aromatic rings. The summed E-state index contributed by atoms with van der Waals surface area (Å²) in [7, 11) is 1.86. The predicted octanol–water partition coefficient (Wildman–Crippen LogP) is 1.24. The molecule has 3 heterocycles. The van der Waals surface area contributed by atoms with Crippen molar-refractivity contribution in [3.63, 3.8) is 0 Å². The summed E-state index contributed by atoms with van der Waals surface area (Å²) in [5, 5.41) is 10.2. The molecule has 110 valence electrons. The largest absolute Gasteiger partial charge is 0.391 e. The van der Waals surface area contributed by atoms with Crippen LogP contribution in [0.2, 0.25) is 0 Å². The zero-order chi connectivity index (χ0) is 14.8. The fraction of sp³-hybridized carbons (Fsp3) is 0.375. The van der Waals surface area contributed by atoms with Crippen LogP contribution in [0.1, 0.15) is 22.5 Å². The first-order valence-corrected chi connectivity index (χ1v) is 7.16. The van der Waals surface area contributed by atoms with Crippen LogP contribution in [0.15, 0.2) is 42.9 Å². The first-order valence-electron chi connectivity index (χ1n) is 7.16. The van der Waals surface area contributed by atoms with Crippen molar-refractivity contribution in [3.8, 4) is 0 Å². The van der Waals surface area contributed by atoms with E-state index in [0.29, 0.717) is 25.1 Å². The van der Waals surface area contributed by atoms with Gasteiger partial charge in [0.25, 0.3) is 5.91 Å². The Bertz CT molecular complexity index is 623. The third-order valence-corrected chi connectivity index (χ3v) is 4.10. The fourth-order valence-electron chi connectivity index (χ4n) is 2.93. The number of nitrogens with zero attached hydrogens (tertiary/aromatic N) is 3. The second-order valence-electron chi connectivity index (χ2n) is 5.49. The predicted molar refractivity (Wildman–Crippen MR) is 78.8 cm³/mol. The van der Waals surface area contributed by atoms with Crippen LogP contribution in [0.25, 0.3) is 0 Å². The lowest BCUT2D eigenvalue weighted by Gasteiger charge is -2.26. The molecule has 1 N–H and O–H groups in total. The van der Waals surface area contributed by atoms with Crippen molar-refractivity contribution in [1.82, 2.24) is 14.5 Å². The van der Waals surface area contributed by atoms with E-state index in [-0.39, 0.29) is 11.9 Å². The molecule has 21 heavy (non-hydrogen) atoms. The Kier molecular flexibility index (Phi) is 3.75. The molecule has 1 fully saturated rings. The van der Waals surface area contributed by atoms with Crippen LogP contribution in [0, 0.1) is 0 Å². The molecule has 0 spiro atoms. The van der Waals surface area contributed by atoms with Gasteiger partial charge in [-0.05, 0) is 36.6 Å². The van der Waals surface area contributed by atoms with Gasteiger partial charge < -0.3 is 14.6 Å². The standard InChI is InChI=1S/C16H19N3O2/c1-18-8-3-5-13(18)16(21)19-9-6-15(20)14(19)10-12-4-2-7-17-11-12/h2-5,7-8,11,14-15,20H,6,9-10H2,1H3/t14-,15+/m0/s1. The molecule has 2 atom stereocenters. The molecule has 1 saturated heterocycles. The zero-order valence-corrected chi connectivity index (χ0v) is 12.0. The summed E-state index contributed by atoms with van der Waals surface area (Å²) in [5.74, 6) is -0.0204. The normalized spacial score (nSPS) is 21.7. The molecule has 0 aromatic carbocycles. The molecule has 3 rings (SSSR count). The van der Waals surface area contributed by atoms with E-state index < -0.39 is 6.10 Å². The van der Waals surface area contributed by atoms with Crippen molar-refractivity contribution in [1.29, 1.82) is 0 Å². The summed E-state index contributed by atoms with van der Waals surface area (Å²) in [5.41, 5.74) is 1.69. The highest BCUT2D eigenvalue weighted by molar-refractivity contribution is 5.93. The third kappa shape index (κ3) is 2.69. The van der Waals surface area contributed by atoms with E-state index in [1.807, 2.05) is 42.1 Å². The molecule has 1 aliphatic heterocycles. The molecule has 0 saturated carbocycles. The Morgan fingerprint density at radius 2 is 2.29 bits per heavy atom. The number of likely N-dealkylation sites (tertiary alicyclic amines) is 1. The lowest BCUT2D eigenvalue weighted by atomic mass is 10.0. The number of hydrogen-bond acceptors (Lipinski definition) is 3. The third-order valence-electron chi connectivity index (χ3n) is 4.10. The van der Waals surface area contributed by atoms with Gasteiger partial charge in [-0.1, -0.05) is 6.07 Å². The fourth-order valence-corrected chi connectivity index (χ4v) is 2.93. The number of aromatic nitrogens is 2. The van der Waals surface area contributed by atoms with E-state index in [0.717, 1.165) is 5.56 Å². The van der Waals surface area contributed by atoms with E-state index in [9.17, 15) is 9.90 Å².